The number of hydrogen-bond acceptors (Lipinski definition) is 5. The van der Waals surface area contributed by atoms with E-state index in [1.165, 1.54) is 7.11 Å². The minimum Gasteiger partial charge on any atom is -0.489 e. The van der Waals surface area contributed by atoms with Gasteiger partial charge in [-0.2, -0.15) is 0 Å². The second-order valence-electron chi connectivity index (χ2n) is 6.59. The molecule has 0 aliphatic rings. The summed E-state index contributed by atoms with van der Waals surface area (Å²) in [6.45, 7) is 3.78. The Hall–Kier alpha value is -3.41. The molecule has 0 spiro atoms. The van der Waals surface area contributed by atoms with E-state index in [4.69, 9.17) is 9.47 Å². The number of aromatic nitrogens is 1. The molecule has 0 bridgehead atoms. The Bertz CT molecular complexity index is 1010. The molecule has 144 valence electrons. The fourth-order valence-electron chi connectivity index (χ4n) is 2.91. The molecule has 0 aliphatic heterocycles. The predicted octanol–water partition coefficient (Wildman–Crippen LogP) is 3.99. The molecule has 1 heterocycles. The first kappa shape index (κ1) is 19.4. The smallest absolute Gasteiger partial charge is 0.337 e. The normalized spacial score (nSPS) is 10.7. The maximum Gasteiger partial charge on any atom is 0.337 e. The predicted molar refractivity (Wildman–Crippen MR) is 108 cm³/mol. The van der Waals surface area contributed by atoms with Crippen LogP contribution in [0, 0.1) is 0 Å². The molecule has 3 rings (SSSR count). The summed E-state index contributed by atoms with van der Waals surface area (Å²) in [6, 6.07) is 14.4. The van der Waals surface area contributed by atoms with Crippen LogP contribution in [0.3, 0.4) is 0 Å². The highest BCUT2D eigenvalue weighted by Gasteiger charge is 2.15. The van der Waals surface area contributed by atoms with E-state index in [1.54, 1.807) is 24.4 Å². The van der Waals surface area contributed by atoms with Crippen LogP contribution < -0.4 is 10.1 Å². The number of esters is 1. The number of methoxy groups -OCH3 is 1. The molecule has 1 N–H and O–H groups in total. The second-order valence-corrected chi connectivity index (χ2v) is 6.59. The Morgan fingerprint density at radius 2 is 1.89 bits per heavy atom. The van der Waals surface area contributed by atoms with Gasteiger partial charge in [0.2, 0.25) is 5.91 Å². The zero-order chi connectivity index (χ0) is 20.1. The van der Waals surface area contributed by atoms with E-state index >= 15 is 0 Å². The molecule has 1 amide bonds. The first-order chi connectivity index (χ1) is 13.5. The Balaban J connectivity index is 1.86. The molecule has 0 radical (unpaired) electrons. The number of benzene rings is 2. The number of nitrogens with one attached hydrogen (secondary N) is 1. The first-order valence-electron chi connectivity index (χ1n) is 8.99. The lowest BCUT2D eigenvalue weighted by Crippen LogP contribution is -2.17. The number of rotatable bonds is 6. The van der Waals surface area contributed by atoms with Gasteiger partial charge in [0.15, 0.2) is 0 Å². The first-order valence-corrected chi connectivity index (χ1v) is 8.99. The number of fused-ring (bicyclic) bond motifs is 1. The van der Waals surface area contributed by atoms with Gasteiger partial charge >= 0.3 is 5.97 Å². The molecule has 0 unspecified atom stereocenters. The number of hydrogen-bond donors (Lipinski definition) is 1. The summed E-state index contributed by atoms with van der Waals surface area (Å²) in [7, 11) is 1.31. The number of ether oxygens (including phenoxy) is 2. The second kappa shape index (κ2) is 8.52. The SMILES string of the molecule is COC(=O)c1ccc(OC(C)C)c(NC(=O)Cc2cccc3cccnc23)c1. The van der Waals surface area contributed by atoms with Crippen molar-refractivity contribution in [3.8, 4) is 5.75 Å². The average molecular weight is 378 g/mol. The van der Waals surface area contributed by atoms with Gasteiger partial charge in [0, 0.05) is 11.6 Å². The molecule has 6 heteroatoms. The van der Waals surface area contributed by atoms with Crippen molar-refractivity contribution >= 4 is 28.5 Å². The van der Waals surface area contributed by atoms with Gasteiger partial charge in [-0.1, -0.05) is 24.3 Å². The van der Waals surface area contributed by atoms with Crippen LogP contribution in [0.5, 0.6) is 5.75 Å². The standard InChI is InChI=1S/C22H22N2O4/c1-14(2)28-19-10-9-17(22(26)27-3)12-18(19)24-20(25)13-16-7-4-6-15-8-5-11-23-21(15)16/h4-12,14H,13H2,1-3H3,(H,24,25). The molecule has 1 aromatic heterocycles. The average Bonchev–Trinajstić information content (AvgIpc) is 2.68. The van der Waals surface area contributed by atoms with E-state index in [1.807, 2.05) is 44.2 Å². The van der Waals surface area contributed by atoms with Crippen molar-refractivity contribution in [1.82, 2.24) is 4.98 Å². The van der Waals surface area contributed by atoms with Crippen LogP contribution in [0.4, 0.5) is 5.69 Å². The van der Waals surface area contributed by atoms with Crippen molar-refractivity contribution in [1.29, 1.82) is 0 Å². The number of anilines is 1. The summed E-state index contributed by atoms with van der Waals surface area (Å²) in [5.74, 6) is -0.217. The summed E-state index contributed by atoms with van der Waals surface area (Å²) in [4.78, 5) is 28.9. The van der Waals surface area contributed by atoms with Gasteiger partial charge in [0.05, 0.1) is 36.4 Å². The van der Waals surface area contributed by atoms with Gasteiger partial charge in [-0.3, -0.25) is 9.78 Å². The Labute approximate surface area is 163 Å². The van der Waals surface area contributed by atoms with Crippen LogP contribution in [-0.4, -0.2) is 30.1 Å². The van der Waals surface area contributed by atoms with Gasteiger partial charge in [-0.05, 0) is 43.7 Å². The van der Waals surface area contributed by atoms with Crippen molar-refractivity contribution in [3.63, 3.8) is 0 Å². The monoisotopic (exact) mass is 378 g/mol. The molecule has 0 atom stereocenters. The number of para-hydroxylation sites is 1. The lowest BCUT2D eigenvalue weighted by molar-refractivity contribution is -0.115. The molecule has 2 aromatic carbocycles. The highest BCUT2D eigenvalue weighted by Crippen LogP contribution is 2.28. The third-order valence-electron chi connectivity index (χ3n) is 4.10. The summed E-state index contributed by atoms with van der Waals surface area (Å²) in [5, 5.41) is 3.83. The molecule has 0 fully saturated rings. The van der Waals surface area contributed by atoms with Crippen molar-refractivity contribution in [2.24, 2.45) is 0 Å². The minimum absolute atomic E-state index is 0.0816. The quantitative estimate of drug-likeness (QED) is 0.656. The number of carbonyl (C=O) groups is 2. The largest absolute Gasteiger partial charge is 0.489 e. The van der Waals surface area contributed by atoms with Gasteiger partial charge in [-0.15, -0.1) is 0 Å². The maximum atomic E-state index is 12.7. The van der Waals surface area contributed by atoms with E-state index < -0.39 is 5.97 Å². The van der Waals surface area contributed by atoms with Crippen molar-refractivity contribution in [2.75, 3.05) is 12.4 Å². The lowest BCUT2D eigenvalue weighted by atomic mass is 10.1. The van der Waals surface area contributed by atoms with Crippen LogP contribution in [-0.2, 0) is 16.0 Å². The lowest BCUT2D eigenvalue weighted by Gasteiger charge is -2.16. The highest BCUT2D eigenvalue weighted by atomic mass is 16.5. The fraction of sp³-hybridized carbons (Fsp3) is 0.227. The Morgan fingerprint density at radius 1 is 1.11 bits per heavy atom. The zero-order valence-electron chi connectivity index (χ0n) is 16.1. The number of pyridine rings is 1. The van der Waals surface area contributed by atoms with Crippen molar-refractivity contribution in [3.05, 3.63) is 65.9 Å². The van der Waals surface area contributed by atoms with E-state index in [0.29, 0.717) is 17.0 Å². The van der Waals surface area contributed by atoms with Crippen LogP contribution in [0.2, 0.25) is 0 Å². The number of nitrogens with zero attached hydrogens (tertiary/aromatic N) is 1. The fourth-order valence-corrected chi connectivity index (χ4v) is 2.91. The van der Waals surface area contributed by atoms with Gasteiger partial charge in [0.1, 0.15) is 5.75 Å². The van der Waals surface area contributed by atoms with Gasteiger partial charge in [-0.25, -0.2) is 4.79 Å². The van der Waals surface area contributed by atoms with Crippen LogP contribution in [0.1, 0.15) is 29.8 Å². The summed E-state index contributed by atoms with van der Waals surface area (Å²) in [5.41, 5.74) is 2.38. The third kappa shape index (κ3) is 4.46. The zero-order valence-corrected chi connectivity index (χ0v) is 16.1. The number of amides is 1. The van der Waals surface area contributed by atoms with Crippen molar-refractivity contribution in [2.45, 2.75) is 26.4 Å². The summed E-state index contributed by atoms with van der Waals surface area (Å²) in [6.07, 6.45) is 1.78. The molecular formula is C22H22N2O4. The van der Waals surface area contributed by atoms with E-state index in [2.05, 4.69) is 10.3 Å². The molecular weight excluding hydrogens is 356 g/mol. The van der Waals surface area contributed by atoms with Crippen LogP contribution in [0.15, 0.2) is 54.7 Å². The Kier molecular flexibility index (Phi) is 5.89. The molecule has 0 saturated carbocycles. The van der Waals surface area contributed by atoms with E-state index in [9.17, 15) is 9.59 Å². The van der Waals surface area contributed by atoms with Crippen molar-refractivity contribution < 1.29 is 19.1 Å². The summed E-state index contributed by atoms with van der Waals surface area (Å²) < 4.78 is 10.5. The van der Waals surface area contributed by atoms with E-state index in [-0.39, 0.29) is 18.4 Å². The third-order valence-corrected chi connectivity index (χ3v) is 4.10. The Morgan fingerprint density at radius 3 is 2.64 bits per heavy atom. The number of carbonyl (C=O) groups excluding carboxylic acids is 2. The van der Waals surface area contributed by atoms with Gasteiger partial charge in [0.25, 0.3) is 0 Å². The molecule has 6 nitrogen and oxygen atoms in total. The summed E-state index contributed by atoms with van der Waals surface area (Å²) >= 11 is 0. The highest BCUT2D eigenvalue weighted by molar-refractivity contribution is 5.98. The van der Waals surface area contributed by atoms with E-state index in [0.717, 1.165) is 16.5 Å². The van der Waals surface area contributed by atoms with Gasteiger partial charge < -0.3 is 14.8 Å². The molecule has 3 aromatic rings. The minimum atomic E-state index is -0.482. The topological polar surface area (TPSA) is 77.5 Å². The molecule has 0 aliphatic carbocycles. The van der Waals surface area contributed by atoms with Crippen LogP contribution in [0.25, 0.3) is 10.9 Å². The molecule has 0 saturated heterocycles. The molecule has 28 heavy (non-hydrogen) atoms. The maximum absolute atomic E-state index is 12.7. The van der Waals surface area contributed by atoms with Crippen LogP contribution >= 0.6 is 0 Å².